The fourth-order valence-electron chi connectivity index (χ4n) is 2.42. The van der Waals surface area contributed by atoms with Gasteiger partial charge < -0.3 is 4.57 Å². The minimum atomic E-state index is -0.195. The van der Waals surface area contributed by atoms with Crippen LogP contribution in [0, 0.1) is 25.2 Å². The van der Waals surface area contributed by atoms with Crippen molar-refractivity contribution in [3.63, 3.8) is 0 Å². The molecule has 0 aliphatic rings. The quantitative estimate of drug-likeness (QED) is 0.467. The summed E-state index contributed by atoms with van der Waals surface area (Å²) in [6.07, 6.45) is 2.67. The molecule has 0 atom stereocenters. The molecule has 4 heteroatoms. The molecule has 2 aromatic rings. The van der Waals surface area contributed by atoms with E-state index >= 15 is 0 Å². The van der Waals surface area contributed by atoms with Crippen LogP contribution in [0.4, 0.5) is 0 Å². The van der Waals surface area contributed by atoms with Gasteiger partial charge in [0.15, 0.2) is 0 Å². The van der Waals surface area contributed by atoms with Crippen LogP contribution in [0.5, 0.6) is 0 Å². The lowest BCUT2D eigenvalue weighted by atomic mass is 10.0. The molecule has 0 amide bonds. The fraction of sp³-hybridized carbons (Fsp3) is 0.294. The third-order valence-corrected chi connectivity index (χ3v) is 4.19. The molecule has 0 aromatic carbocycles. The summed E-state index contributed by atoms with van der Waals surface area (Å²) in [4.78, 5) is 12.6. The van der Waals surface area contributed by atoms with Gasteiger partial charge in [-0.2, -0.15) is 16.6 Å². The van der Waals surface area contributed by atoms with Gasteiger partial charge in [-0.1, -0.05) is 6.92 Å². The van der Waals surface area contributed by atoms with E-state index < -0.39 is 0 Å². The number of hydrogen-bond donors (Lipinski definition) is 0. The summed E-state index contributed by atoms with van der Waals surface area (Å²) < 4.78 is 2.13. The van der Waals surface area contributed by atoms with E-state index in [0.29, 0.717) is 5.56 Å². The third-order valence-electron chi connectivity index (χ3n) is 3.48. The largest absolute Gasteiger partial charge is 0.348 e. The predicted octanol–water partition coefficient (Wildman–Crippen LogP) is 4.37. The van der Waals surface area contributed by atoms with Crippen LogP contribution in [-0.4, -0.2) is 10.4 Å². The number of carbonyl (C=O) groups is 1. The van der Waals surface area contributed by atoms with Gasteiger partial charge >= 0.3 is 0 Å². The number of aryl methyl sites for hydroxylation is 1. The molecule has 0 radical (unpaired) electrons. The number of nitrogens with zero attached hydrogens (tertiary/aromatic N) is 2. The number of nitriles is 1. The zero-order valence-corrected chi connectivity index (χ0v) is 13.3. The van der Waals surface area contributed by atoms with E-state index in [1.807, 2.05) is 42.8 Å². The number of carbonyl (C=O) groups excluding carboxylic acids is 1. The molecule has 0 aliphatic heterocycles. The molecule has 2 rings (SSSR count). The van der Waals surface area contributed by atoms with Gasteiger partial charge in [0.2, 0.25) is 5.78 Å². The van der Waals surface area contributed by atoms with Crippen molar-refractivity contribution in [3.8, 4) is 6.07 Å². The summed E-state index contributed by atoms with van der Waals surface area (Å²) in [6.45, 7) is 6.93. The third kappa shape index (κ3) is 3.14. The highest BCUT2D eigenvalue weighted by Gasteiger charge is 2.19. The molecule has 108 valence electrons. The van der Waals surface area contributed by atoms with E-state index in [-0.39, 0.29) is 11.4 Å². The highest BCUT2D eigenvalue weighted by molar-refractivity contribution is 7.08. The summed E-state index contributed by atoms with van der Waals surface area (Å²) in [7, 11) is 0. The van der Waals surface area contributed by atoms with Gasteiger partial charge in [-0.15, -0.1) is 0 Å². The Hall–Kier alpha value is -2.12. The molecular formula is C17H18N2OS. The van der Waals surface area contributed by atoms with E-state index in [4.69, 9.17) is 0 Å². The van der Waals surface area contributed by atoms with Crippen LogP contribution in [0.2, 0.25) is 0 Å². The first-order valence-corrected chi connectivity index (χ1v) is 7.88. The minimum absolute atomic E-state index is 0.185. The molecule has 0 bridgehead atoms. The smallest absolute Gasteiger partial charge is 0.205 e. The first-order valence-electron chi connectivity index (χ1n) is 6.94. The predicted molar refractivity (Wildman–Crippen MR) is 86.4 cm³/mol. The van der Waals surface area contributed by atoms with E-state index in [2.05, 4.69) is 11.5 Å². The molecule has 0 saturated carbocycles. The summed E-state index contributed by atoms with van der Waals surface area (Å²) in [5.41, 5.74) is 3.71. The maximum atomic E-state index is 12.6. The zero-order chi connectivity index (χ0) is 15.4. The fourth-order valence-corrected chi connectivity index (χ4v) is 3.03. The van der Waals surface area contributed by atoms with Crippen LogP contribution in [0.1, 0.15) is 40.7 Å². The first-order chi connectivity index (χ1) is 10.1. The second kappa shape index (κ2) is 6.55. The normalized spacial score (nSPS) is 11.4. The lowest BCUT2D eigenvalue weighted by Gasteiger charge is -2.07. The molecule has 21 heavy (non-hydrogen) atoms. The van der Waals surface area contributed by atoms with Gasteiger partial charge in [-0.3, -0.25) is 4.79 Å². The Balaban J connectivity index is 2.40. The number of ketones is 1. The second-order valence-corrected chi connectivity index (χ2v) is 5.77. The summed E-state index contributed by atoms with van der Waals surface area (Å²) in [5.74, 6) is -0.195. The molecule has 0 fully saturated rings. The monoisotopic (exact) mass is 298 g/mol. The van der Waals surface area contributed by atoms with Crippen LogP contribution >= 0.6 is 11.3 Å². The van der Waals surface area contributed by atoms with E-state index in [9.17, 15) is 10.1 Å². The molecule has 0 N–H and O–H groups in total. The number of allylic oxidation sites excluding steroid dienone is 1. The number of rotatable bonds is 5. The van der Waals surface area contributed by atoms with Crippen molar-refractivity contribution in [2.75, 3.05) is 0 Å². The van der Waals surface area contributed by atoms with Gasteiger partial charge in [0, 0.05) is 23.5 Å². The van der Waals surface area contributed by atoms with Crippen molar-refractivity contribution in [1.82, 2.24) is 4.57 Å². The van der Waals surface area contributed by atoms with Gasteiger partial charge in [0.25, 0.3) is 0 Å². The Morgan fingerprint density at radius 2 is 2.24 bits per heavy atom. The van der Waals surface area contributed by atoms with Crippen molar-refractivity contribution in [2.45, 2.75) is 33.7 Å². The Labute approximate surface area is 129 Å². The minimum Gasteiger partial charge on any atom is -0.348 e. The number of thiophene rings is 1. The van der Waals surface area contributed by atoms with Gasteiger partial charge in [-0.25, -0.2) is 0 Å². The Kier molecular flexibility index (Phi) is 4.77. The molecule has 2 heterocycles. The average molecular weight is 298 g/mol. The van der Waals surface area contributed by atoms with Crippen molar-refractivity contribution in [3.05, 3.63) is 51.0 Å². The van der Waals surface area contributed by atoms with Crippen molar-refractivity contribution in [2.24, 2.45) is 0 Å². The topological polar surface area (TPSA) is 45.8 Å². The van der Waals surface area contributed by atoms with Crippen LogP contribution < -0.4 is 0 Å². The molecule has 0 aliphatic carbocycles. The van der Waals surface area contributed by atoms with Gasteiger partial charge in [0.1, 0.15) is 11.6 Å². The zero-order valence-electron chi connectivity index (χ0n) is 12.5. The molecule has 2 aromatic heterocycles. The number of Topliss-reactive ketones (excluding diaryl/α,β-unsaturated/α-hetero) is 1. The van der Waals surface area contributed by atoms with E-state index in [1.165, 1.54) is 0 Å². The highest BCUT2D eigenvalue weighted by atomic mass is 32.1. The Morgan fingerprint density at radius 3 is 2.81 bits per heavy atom. The lowest BCUT2D eigenvalue weighted by Crippen LogP contribution is -2.06. The first kappa shape index (κ1) is 15.3. The number of aromatic nitrogens is 1. The summed E-state index contributed by atoms with van der Waals surface area (Å²) in [6, 6.07) is 5.81. The Morgan fingerprint density at radius 1 is 1.48 bits per heavy atom. The van der Waals surface area contributed by atoms with Gasteiger partial charge in [0.05, 0.1) is 0 Å². The molecule has 0 spiro atoms. The molecule has 0 unspecified atom stereocenters. The maximum absolute atomic E-state index is 12.6. The van der Waals surface area contributed by atoms with E-state index in [1.54, 1.807) is 17.4 Å². The van der Waals surface area contributed by atoms with Crippen molar-refractivity contribution in [1.29, 1.82) is 5.26 Å². The molecule has 3 nitrogen and oxygen atoms in total. The Bertz CT molecular complexity index is 715. The summed E-state index contributed by atoms with van der Waals surface area (Å²) in [5, 5.41) is 13.1. The van der Waals surface area contributed by atoms with Gasteiger partial charge in [-0.05, 0) is 54.8 Å². The standard InChI is InChI=1S/C17H18N2OS/c1-4-6-19-12(2)8-16(13(19)3)17(20)15(10-18)9-14-5-7-21-11-14/h5,7-9,11H,4,6H2,1-3H3/b15-9+. The summed E-state index contributed by atoms with van der Waals surface area (Å²) >= 11 is 1.55. The van der Waals surface area contributed by atoms with Crippen LogP contribution in [0.15, 0.2) is 28.5 Å². The van der Waals surface area contributed by atoms with Crippen molar-refractivity contribution < 1.29 is 4.79 Å². The van der Waals surface area contributed by atoms with Crippen LogP contribution in [0.3, 0.4) is 0 Å². The highest BCUT2D eigenvalue weighted by Crippen LogP contribution is 2.20. The SMILES string of the molecule is CCCn1c(C)cc(C(=O)/C(C#N)=C/c2ccsc2)c1C. The molecular weight excluding hydrogens is 280 g/mol. The average Bonchev–Trinajstić information content (AvgIpc) is 3.07. The molecule has 0 saturated heterocycles. The number of hydrogen-bond acceptors (Lipinski definition) is 3. The lowest BCUT2D eigenvalue weighted by molar-refractivity contribution is 0.103. The van der Waals surface area contributed by atoms with Crippen LogP contribution in [0.25, 0.3) is 6.08 Å². The van der Waals surface area contributed by atoms with E-state index in [0.717, 1.165) is 29.9 Å². The van der Waals surface area contributed by atoms with Crippen molar-refractivity contribution >= 4 is 23.2 Å². The van der Waals surface area contributed by atoms with Crippen LogP contribution in [-0.2, 0) is 6.54 Å². The maximum Gasteiger partial charge on any atom is 0.205 e. The second-order valence-electron chi connectivity index (χ2n) is 4.99.